The van der Waals surface area contributed by atoms with Gasteiger partial charge >= 0.3 is 17.6 Å². The number of benzene rings is 2. The molecule has 4 fully saturated rings. The van der Waals surface area contributed by atoms with E-state index in [9.17, 15) is 31.2 Å². The van der Waals surface area contributed by atoms with Crippen molar-refractivity contribution in [3.8, 4) is 35.0 Å². The number of halogens is 1. The Balaban J connectivity index is 0.000000214. The fourth-order valence-electron chi connectivity index (χ4n) is 7.46. The number of hydrogen-bond donors (Lipinski definition) is 0. The maximum atomic E-state index is 12.4. The number of likely N-dealkylation sites (tertiary alicyclic amines) is 2. The Morgan fingerprint density at radius 1 is 0.554 bits per heavy atom. The average molecular weight is 1090 g/mol. The summed E-state index contributed by atoms with van der Waals surface area (Å²) in [5.74, 6) is 2.50. The van der Waals surface area contributed by atoms with Crippen LogP contribution in [0.3, 0.4) is 0 Å². The Morgan fingerprint density at radius 2 is 0.905 bits per heavy atom. The fraction of sp³-hybridized carbons (Fsp3) is 0.549. The van der Waals surface area contributed by atoms with Gasteiger partial charge in [0.1, 0.15) is 42.0 Å². The lowest BCUT2D eigenvalue weighted by Gasteiger charge is -2.33. The third-order valence-corrected chi connectivity index (χ3v) is 16.3. The van der Waals surface area contributed by atoms with Gasteiger partial charge in [0, 0.05) is 63.5 Å². The van der Waals surface area contributed by atoms with Crippen LogP contribution in [-0.4, -0.2) is 131 Å². The number of nitrogens with zero attached hydrogens (tertiary/aromatic N) is 6. The van der Waals surface area contributed by atoms with Gasteiger partial charge in [-0.05, 0) is 137 Å². The highest BCUT2D eigenvalue weighted by molar-refractivity contribution is 7.92. The molecule has 4 aliphatic rings. The zero-order valence-corrected chi connectivity index (χ0v) is 45.7. The molecular formula is C51H67ClN6O14S2. The van der Waals surface area contributed by atoms with Gasteiger partial charge in [0.15, 0.2) is 19.7 Å². The maximum Gasteiger partial charge on any atom is 0.410 e. The van der Waals surface area contributed by atoms with Gasteiger partial charge in [0.2, 0.25) is 23.5 Å². The molecule has 20 nitrogen and oxygen atoms in total. The number of amides is 2. The van der Waals surface area contributed by atoms with E-state index in [0.29, 0.717) is 108 Å². The van der Waals surface area contributed by atoms with E-state index in [4.69, 9.17) is 40.0 Å². The molecule has 404 valence electrons. The molecule has 74 heavy (non-hydrogen) atoms. The van der Waals surface area contributed by atoms with Crippen LogP contribution in [0.4, 0.5) is 14.4 Å². The molecule has 2 aliphatic heterocycles. The van der Waals surface area contributed by atoms with Crippen molar-refractivity contribution in [2.45, 2.75) is 164 Å². The number of rotatable bonds is 14. The number of aromatic nitrogens is 4. The summed E-state index contributed by atoms with van der Waals surface area (Å²) in [6, 6.07) is 12.8. The summed E-state index contributed by atoms with van der Waals surface area (Å²) >= 11 is 4.81. The van der Waals surface area contributed by atoms with Crippen LogP contribution in [0.15, 0.2) is 71.0 Å². The highest BCUT2D eigenvalue weighted by Crippen LogP contribution is 2.37. The quantitative estimate of drug-likeness (QED) is 0.0842. The lowest BCUT2D eigenvalue weighted by atomic mass is 10.1. The zero-order valence-electron chi connectivity index (χ0n) is 43.3. The van der Waals surface area contributed by atoms with Crippen LogP contribution < -0.4 is 18.9 Å². The number of ether oxygens (including phenoxy) is 7. The third-order valence-electron chi connectivity index (χ3n) is 11.7. The van der Waals surface area contributed by atoms with Gasteiger partial charge in [-0.25, -0.2) is 51.2 Å². The minimum absolute atomic E-state index is 0.0820. The molecular weight excluding hydrogens is 1020 g/mol. The molecule has 0 bridgehead atoms. The van der Waals surface area contributed by atoms with E-state index >= 15 is 0 Å². The molecule has 8 rings (SSSR count). The second kappa shape index (κ2) is 25.0. The van der Waals surface area contributed by atoms with E-state index in [2.05, 4.69) is 24.7 Å². The molecule has 0 radical (unpaired) electrons. The Kier molecular flexibility index (Phi) is 19.4. The van der Waals surface area contributed by atoms with Crippen molar-refractivity contribution < 1.29 is 64.4 Å². The molecule has 4 heterocycles. The summed E-state index contributed by atoms with van der Waals surface area (Å²) in [5, 5.41) is -0.500. The van der Waals surface area contributed by atoms with Gasteiger partial charge < -0.3 is 43.0 Å². The topological polar surface area (TPSA) is 242 Å². The summed E-state index contributed by atoms with van der Waals surface area (Å²) in [4.78, 5) is 55.0. The van der Waals surface area contributed by atoms with E-state index in [1.54, 1.807) is 72.2 Å². The predicted molar refractivity (Wildman–Crippen MR) is 273 cm³/mol. The normalized spacial score (nSPS) is 16.5. The molecule has 0 unspecified atom stereocenters. The van der Waals surface area contributed by atoms with Crippen LogP contribution in [0.25, 0.3) is 0 Å². The Bertz CT molecular complexity index is 2770. The monoisotopic (exact) mass is 1090 g/mol. The lowest BCUT2D eigenvalue weighted by molar-refractivity contribution is 0.0121. The van der Waals surface area contributed by atoms with Gasteiger partial charge in [-0.2, -0.15) is 0 Å². The molecule has 4 aromatic rings. The van der Waals surface area contributed by atoms with Gasteiger partial charge in [0.25, 0.3) is 0 Å². The summed E-state index contributed by atoms with van der Waals surface area (Å²) in [7, 11) is -6.47. The van der Waals surface area contributed by atoms with Crippen LogP contribution in [-0.2, 0) is 33.9 Å². The van der Waals surface area contributed by atoms with Crippen LogP contribution in [0, 0.1) is 13.8 Å². The van der Waals surface area contributed by atoms with Crippen LogP contribution in [0.5, 0.6) is 35.0 Å². The first-order chi connectivity index (χ1) is 34.9. The van der Waals surface area contributed by atoms with Crippen LogP contribution in [0.1, 0.15) is 111 Å². The van der Waals surface area contributed by atoms with Crippen molar-refractivity contribution >= 4 is 48.9 Å². The molecule has 2 aromatic carbocycles. The first-order valence-corrected chi connectivity index (χ1v) is 28.2. The third kappa shape index (κ3) is 16.8. The molecule has 23 heteroatoms. The van der Waals surface area contributed by atoms with E-state index in [1.165, 1.54) is 12.7 Å². The second-order valence-electron chi connectivity index (χ2n) is 19.8. The number of carbonyl (C=O) groups excluding carboxylic acids is 3. The Hall–Kier alpha value is -6.00. The van der Waals surface area contributed by atoms with E-state index in [1.807, 2.05) is 48.5 Å². The molecule has 2 aliphatic carbocycles. The maximum absolute atomic E-state index is 12.4. The molecule has 0 spiro atoms. The SMILES string of the molecule is CC(C)OC(=O)Cl.Cc1c(Oc2ccc(S(=O)(=O)C3CC3)cc2)ncnc1OC1CCN(C(=O)OC(C)(C)C)CC1.Cc1c(Oc2ccc(S(=O)(=O)C3CC3)cc2)ncnc1OC1CCN(C(=O)OC(C)C)CC1. The van der Waals surface area contributed by atoms with Crippen molar-refractivity contribution in [2.75, 3.05) is 26.2 Å². The number of hydrogen-bond acceptors (Lipinski definition) is 18. The largest absolute Gasteiger partial charge is 0.474 e. The predicted octanol–water partition coefficient (Wildman–Crippen LogP) is 9.96. The average Bonchev–Trinajstić information content (AvgIpc) is 4.26. The summed E-state index contributed by atoms with van der Waals surface area (Å²) in [6.45, 7) is 18.5. The zero-order chi connectivity index (χ0) is 54.0. The smallest absolute Gasteiger partial charge is 0.410 e. The van der Waals surface area contributed by atoms with Gasteiger partial charge in [-0.3, -0.25) is 0 Å². The minimum atomic E-state index is -3.24. The summed E-state index contributed by atoms with van der Waals surface area (Å²) in [6.07, 6.45) is 7.29. The van der Waals surface area contributed by atoms with E-state index < -0.39 is 30.7 Å². The van der Waals surface area contributed by atoms with Crippen molar-refractivity contribution in [3.63, 3.8) is 0 Å². The van der Waals surface area contributed by atoms with Crippen molar-refractivity contribution in [1.82, 2.24) is 29.7 Å². The van der Waals surface area contributed by atoms with Crippen LogP contribution >= 0.6 is 11.6 Å². The minimum Gasteiger partial charge on any atom is -0.474 e. The highest BCUT2D eigenvalue weighted by atomic mass is 35.5. The Morgan fingerprint density at radius 3 is 1.22 bits per heavy atom. The van der Waals surface area contributed by atoms with Crippen molar-refractivity contribution in [2.24, 2.45) is 0 Å². The molecule has 0 atom stereocenters. The van der Waals surface area contributed by atoms with E-state index in [-0.39, 0.29) is 47.1 Å². The number of piperidine rings is 2. The summed E-state index contributed by atoms with van der Waals surface area (Å²) < 4.78 is 88.4. The van der Waals surface area contributed by atoms with Gasteiger partial charge in [0.05, 0.1) is 43.6 Å². The molecule has 2 saturated heterocycles. The molecule has 0 N–H and O–H groups in total. The van der Waals surface area contributed by atoms with Gasteiger partial charge in [-0.15, -0.1) is 0 Å². The van der Waals surface area contributed by atoms with Crippen LogP contribution in [0.2, 0.25) is 0 Å². The highest BCUT2D eigenvalue weighted by Gasteiger charge is 2.38. The first-order valence-electron chi connectivity index (χ1n) is 24.7. The van der Waals surface area contributed by atoms with Crippen molar-refractivity contribution in [1.29, 1.82) is 0 Å². The standard InChI is InChI=1S/C24H31N3O6S.C23H29N3O6S.C4H7ClO2/c1-16-21(31-17-5-7-19(8-6-17)34(29,30)20-9-10-20)25-15-26-22(16)32-18-11-13-27(14-12-18)23(28)33-24(2,3)4;1-15(2)30-23(27)26-12-10-18(11-13-26)32-22-16(3)21(24-14-25-22)31-17-4-6-19(7-5-17)33(28,29)20-8-9-20;1-3(2)7-4(5)6/h5-8,15,18,20H,9-14H2,1-4H3;4-7,14-15,18,20H,8-13H2,1-3H3;3H,1-2H3. The summed E-state index contributed by atoms with van der Waals surface area (Å²) in [5.41, 5.74) is 0.0283. The molecule has 2 amide bonds. The van der Waals surface area contributed by atoms with Crippen molar-refractivity contribution in [3.05, 3.63) is 72.3 Å². The second-order valence-corrected chi connectivity index (χ2v) is 24.5. The van der Waals surface area contributed by atoms with Gasteiger partial charge in [-0.1, -0.05) is 0 Å². The Labute approximate surface area is 438 Å². The number of carbonyl (C=O) groups is 3. The first kappa shape index (κ1) is 57.3. The van der Waals surface area contributed by atoms with E-state index in [0.717, 1.165) is 25.7 Å². The molecule has 2 aromatic heterocycles. The number of sulfone groups is 2. The molecule has 2 saturated carbocycles. The fourth-order valence-corrected chi connectivity index (χ4v) is 10.9. The lowest BCUT2D eigenvalue weighted by Crippen LogP contribution is -2.44.